The molecule has 0 aliphatic carbocycles. The van der Waals surface area contributed by atoms with Crippen molar-refractivity contribution < 1.29 is 9.53 Å². The highest BCUT2D eigenvalue weighted by Crippen LogP contribution is 2.21. The maximum Gasteiger partial charge on any atom is 0.337 e. The molecule has 124 valence electrons. The monoisotopic (exact) mass is 324 g/mol. The van der Waals surface area contributed by atoms with Crippen molar-refractivity contribution in [3.05, 3.63) is 53.9 Å². The summed E-state index contributed by atoms with van der Waals surface area (Å²) in [4.78, 5) is 15.9. The largest absolute Gasteiger partial charge is 0.465 e. The molecule has 3 rings (SSSR count). The van der Waals surface area contributed by atoms with Crippen LogP contribution in [0.5, 0.6) is 0 Å². The van der Waals surface area contributed by atoms with Crippen molar-refractivity contribution in [1.29, 1.82) is 0 Å². The number of carbonyl (C=O) groups excluding carboxylic acids is 1. The summed E-state index contributed by atoms with van der Waals surface area (Å²) in [6.07, 6.45) is 3.57. The van der Waals surface area contributed by atoms with Crippen molar-refractivity contribution >= 4 is 22.7 Å². The van der Waals surface area contributed by atoms with Crippen LogP contribution < -0.4 is 5.32 Å². The molecule has 0 aliphatic rings. The van der Waals surface area contributed by atoms with Gasteiger partial charge in [0.25, 0.3) is 0 Å². The molecule has 24 heavy (non-hydrogen) atoms. The van der Waals surface area contributed by atoms with Gasteiger partial charge in [-0.25, -0.2) is 9.78 Å². The fourth-order valence-electron chi connectivity index (χ4n) is 2.70. The molecular weight excluding hydrogens is 304 g/mol. The lowest BCUT2D eigenvalue weighted by molar-refractivity contribution is 0.0601. The number of ether oxygens (including phenoxy) is 1. The number of methoxy groups -OCH3 is 1. The van der Waals surface area contributed by atoms with E-state index in [9.17, 15) is 4.79 Å². The molecule has 0 atom stereocenters. The summed E-state index contributed by atoms with van der Waals surface area (Å²) in [5, 5.41) is 8.95. The molecule has 6 nitrogen and oxygen atoms in total. The molecule has 0 aliphatic heterocycles. The first-order valence-electron chi connectivity index (χ1n) is 7.88. The highest BCUT2D eigenvalue weighted by atomic mass is 16.5. The van der Waals surface area contributed by atoms with Crippen molar-refractivity contribution in [2.45, 2.75) is 12.8 Å². The van der Waals surface area contributed by atoms with Crippen molar-refractivity contribution in [2.24, 2.45) is 7.05 Å². The maximum absolute atomic E-state index is 11.7. The van der Waals surface area contributed by atoms with E-state index in [-0.39, 0.29) is 5.97 Å². The number of nitrogens with one attached hydrogen (secondary N) is 1. The van der Waals surface area contributed by atoms with Gasteiger partial charge >= 0.3 is 5.97 Å². The first kappa shape index (κ1) is 16.0. The summed E-state index contributed by atoms with van der Waals surface area (Å²) < 4.78 is 6.58. The summed E-state index contributed by atoms with van der Waals surface area (Å²) in [5.74, 6) is 0.547. The predicted molar refractivity (Wildman–Crippen MR) is 93.1 cm³/mol. The second-order valence-corrected chi connectivity index (χ2v) is 5.54. The Labute approximate surface area is 140 Å². The van der Waals surface area contributed by atoms with E-state index in [0.29, 0.717) is 5.56 Å². The molecule has 2 aromatic heterocycles. The summed E-state index contributed by atoms with van der Waals surface area (Å²) in [7, 11) is 3.27. The Bertz CT molecular complexity index is 843. The van der Waals surface area contributed by atoms with Crippen LogP contribution in [0.25, 0.3) is 10.9 Å². The topological polar surface area (TPSA) is 69.0 Å². The van der Waals surface area contributed by atoms with E-state index in [2.05, 4.69) is 15.4 Å². The Morgan fingerprint density at radius 3 is 2.92 bits per heavy atom. The predicted octanol–water partition coefficient (Wildman–Crippen LogP) is 2.80. The molecule has 0 saturated heterocycles. The van der Waals surface area contributed by atoms with Gasteiger partial charge in [0.05, 0.1) is 23.9 Å². The number of hydrogen-bond acceptors (Lipinski definition) is 5. The Kier molecular flexibility index (Phi) is 4.74. The van der Waals surface area contributed by atoms with Gasteiger partial charge < -0.3 is 10.1 Å². The van der Waals surface area contributed by atoms with E-state index in [1.54, 1.807) is 12.3 Å². The van der Waals surface area contributed by atoms with E-state index in [1.807, 2.05) is 42.1 Å². The van der Waals surface area contributed by atoms with Crippen molar-refractivity contribution in [2.75, 3.05) is 19.0 Å². The van der Waals surface area contributed by atoms with E-state index < -0.39 is 0 Å². The van der Waals surface area contributed by atoms with Crippen LogP contribution in [0.15, 0.2) is 42.6 Å². The minimum atomic E-state index is -0.334. The highest BCUT2D eigenvalue weighted by molar-refractivity contribution is 5.95. The Hall–Kier alpha value is -2.89. The number of anilines is 1. The fourth-order valence-corrected chi connectivity index (χ4v) is 2.70. The molecule has 6 heteroatoms. The van der Waals surface area contributed by atoms with Gasteiger partial charge in [0.2, 0.25) is 0 Å². The molecule has 0 unspecified atom stereocenters. The standard InChI is InChI=1S/C18H20N4O2/c1-22-16-12-13(18(23)24-2)8-9-14(16)15(21-22)6-5-11-20-17-7-3-4-10-19-17/h3-4,7-10,12H,5-6,11H2,1-2H3,(H,19,20). The van der Waals surface area contributed by atoms with Gasteiger partial charge in [-0.2, -0.15) is 5.10 Å². The summed E-state index contributed by atoms with van der Waals surface area (Å²) in [6.45, 7) is 0.829. The molecule has 0 bridgehead atoms. The first-order valence-corrected chi connectivity index (χ1v) is 7.88. The zero-order chi connectivity index (χ0) is 16.9. The van der Waals surface area contributed by atoms with E-state index in [1.165, 1.54) is 7.11 Å². The highest BCUT2D eigenvalue weighted by Gasteiger charge is 2.12. The number of rotatable bonds is 6. The van der Waals surface area contributed by atoms with Gasteiger partial charge in [0.1, 0.15) is 5.82 Å². The Balaban J connectivity index is 1.68. The molecule has 3 aromatic rings. The van der Waals surface area contributed by atoms with Gasteiger partial charge in [-0.15, -0.1) is 0 Å². The number of fused-ring (bicyclic) bond motifs is 1. The number of pyridine rings is 1. The second-order valence-electron chi connectivity index (χ2n) is 5.54. The summed E-state index contributed by atoms with van der Waals surface area (Å²) >= 11 is 0. The fraction of sp³-hybridized carbons (Fsp3) is 0.278. The molecule has 1 aromatic carbocycles. The van der Waals surface area contributed by atoms with Crippen LogP contribution in [0.3, 0.4) is 0 Å². The normalized spacial score (nSPS) is 10.8. The van der Waals surface area contributed by atoms with Crippen molar-refractivity contribution in [3.63, 3.8) is 0 Å². The first-order chi connectivity index (χ1) is 11.7. The summed E-state index contributed by atoms with van der Waals surface area (Å²) in [5.41, 5.74) is 2.51. The zero-order valence-corrected chi connectivity index (χ0v) is 13.8. The number of aryl methyl sites for hydroxylation is 2. The van der Waals surface area contributed by atoms with Crippen LogP contribution in [0, 0.1) is 0 Å². The average Bonchev–Trinajstić information content (AvgIpc) is 2.94. The maximum atomic E-state index is 11.7. The molecule has 1 N–H and O–H groups in total. The van der Waals surface area contributed by atoms with Crippen LogP contribution in [0.4, 0.5) is 5.82 Å². The Morgan fingerprint density at radius 2 is 2.17 bits per heavy atom. The quantitative estimate of drug-likeness (QED) is 0.558. The number of hydrogen-bond donors (Lipinski definition) is 1. The SMILES string of the molecule is COC(=O)c1ccc2c(CCCNc3ccccn3)nn(C)c2c1. The smallest absolute Gasteiger partial charge is 0.337 e. The molecule has 2 heterocycles. The third-order valence-electron chi connectivity index (χ3n) is 3.91. The molecule has 0 saturated carbocycles. The minimum Gasteiger partial charge on any atom is -0.465 e. The van der Waals surface area contributed by atoms with Crippen LogP contribution in [-0.4, -0.2) is 34.4 Å². The lowest BCUT2D eigenvalue weighted by atomic mass is 10.1. The number of aromatic nitrogens is 3. The lowest BCUT2D eigenvalue weighted by Crippen LogP contribution is -2.04. The number of esters is 1. The van der Waals surface area contributed by atoms with Crippen LogP contribution in [-0.2, 0) is 18.2 Å². The minimum absolute atomic E-state index is 0.334. The van der Waals surface area contributed by atoms with Crippen LogP contribution >= 0.6 is 0 Å². The lowest BCUT2D eigenvalue weighted by Gasteiger charge is -2.04. The second kappa shape index (κ2) is 7.12. The Morgan fingerprint density at radius 1 is 1.29 bits per heavy atom. The van der Waals surface area contributed by atoms with Gasteiger partial charge in [-0.05, 0) is 37.1 Å². The molecule has 0 spiro atoms. The van der Waals surface area contributed by atoms with E-state index in [0.717, 1.165) is 41.8 Å². The van der Waals surface area contributed by atoms with Gasteiger partial charge in [0, 0.05) is 25.2 Å². The third kappa shape index (κ3) is 3.37. The van der Waals surface area contributed by atoms with Crippen molar-refractivity contribution in [1.82, 2.24) is 14.8 Å². The molecule has 0 fully saturated rings. The average molecular weight is 324 g/mol. The van der Waals surface area contributed by atoms with E-state index >= 15 is 0 Å². The number of nitrogens with zero attached hydrogens (tertiary/aromatic N) is 3. The van der Waals surface area contributed by atoms with E-state index in [4.69, 9.17) is 4.74 Å². The van der Waals surface area contributed by atoms with Crippen LogP contribution in [0.1, 0.15) is 22.5 Å². The van der Waals surface area contributed by atoms with Gasteiger partial charge in [-0.1, -0.05) is 12.1 Å². The zero-order valence-electron chi connectivity index (χ0n) is 13.8. The van der Waals surface area contributed by atoms with Crippen LogP contribution in [0.2, 0.25) is 0 Å². The molecular formula is C18H20N4O2. The van der Waals surface area contributed by atoms with Gasteiger partial charge in [-0.3, -0.25) is 4.68 Å². The number of carbonyl (C=O) groups is 1. The van der Waals surface area contributed by atoms with Gasteiger partial charge in [0.15, 0.2) is 0 Å². The summed E-state index contributed by atoms with van der Waals surface area (Å²) in [6, 6.07) is 11.4. The molecule has 0 amide bonds. The number of benzene rings is 1. The molecule has 0 radical (unpaired) electrons. The van der Waals surface area contributed by atoms with Crippen molar-refractivity contribution in [3.8, 4) is 0 Å². The third-order valence-corrected chi connectivity index (χ3v) is 3.91.